The Morgan fingerprint density at radius 2 is 1.84 bits per heavy atom. The molecule has 6 aliphatic rings. The van der Waals surface area contributed by atoms with E-state index in [4.69, 9.17) is 0 Å². The van der Waals surface area contributed by atoms with Crippen molar-refractivity contribution in [2.75, 3.05) is 39.3 Å². The molecule has 3 aliphatic carbocycles. The van der Waals surface area contributed by atoms with Crippen molar-refractivity contribution in [1.29, 1.82) is 0 Å². The van der Waals surface area contributed by atoms with Crippen LogP contribution in [0.15, 0.2) is 48.5 Å². The molecule has 2 saturated carbocycles. The lowest BCUT2D eigenvalue weighted by molar-refractivity contribution is -0.101. The average molecular weight is 512 g/mol. The SMILES string of the molecule is O=C(c1ccccc1)N1C[C@H]2CC34CCC1C2C31CCN(CCCN2CCCC2)C4Cc2ccc(O)cc21. The third-order valence-corrected chi connectivity index (χ3v) is 12.0. The Kier molecular flexibility index (Phi) is 5.30. The summed E-state index contributed by atoms with van der Waals surface area (Å²) in [6, 6.07) is 17.1. The molecule has 1 N–H and O–H groups in total. The molecule has 4 bridgehead atoms. The first-order chi connectivity index (χ1) is 18.6. The van der Waals surface area contributed by atoms with Crippen molar-refractivity contribution in [3.05, 3.63) is 65.2 Å². The summed E-state index contributed by atoms with van der Waals surface area (Å²) >= 11 is 0. The molecule has 6 atom stereocenters. The van der Waals surface area contributed by atoms with Gasteiger partial charge in [-0.3, -0.25) is 9.69 Å². The number of aromatic hydroxyl groups is 1. The number of hydrogen-bond donors (Lipinski definition) is 1. The van der Waals surface area contributed by atoms with Gasteiger partial charge in [-0.2, -0.15) is 0 Å². The van der Waals surface area contributed by atoms with Crippen LogP contribution >= 0.6 is 0 Å². The third-order valence-electron chi connectivity index (χ3n) is 12.0. The first kappa shape index (κ1) is 23.5. The maximum atomic E-state index is 13.7. The van der Waals surface area contributed by atoms with E-state index in [1.807, 2.05) is 36.4 Å². The largest absolute Gasteiger partial charge is 0.508 e. The van der Waals surface area contributed by atoms with Gasteiger partial charge < -0.3 is 14.9 Å². The van der Waals surface area contributed by atoms with E-state index < -0.39 is 0 Å². The van der Waals surface area contributed by atoms with Crippen molar-refractivity contribution >= 4 is 5.91 Å². The average Bonchev–Trinajstić information content (AvgIpc) is 3.62. The molecule has 2 aromatic rings. The number of amides is 1. The summed E-state index contributed by atoms with van der Waals surface area (Å²) in [7, 11) is 0. The number of likely N-dealkylation sites (tertiary alicyclic amines) is 3. The molecule has 5 fully saturated rings. The van der Waals surface area contributed by atoms with Gasteiger partial charge in [0.1, 0.15) is 5.75 Å². The fourth-order valence-electron chi connectivity index (χ4n) is 10.8. The molecule has 200 valence electrons. The van der Waals surface area contributed by atoms with Crippen LogP contribution in [0.1, 0.15) is 66.4 Å². The second kappa shape index (κ2) is 8.56. The molecule has 3 aliphatic heterocycles. The predicted octanol–water partition coefficient (Wildman–Crippen LogP) is 4.69. The summed E-state index contributed by atoms with van der Waals surface area (Å²) in [5.41, 5.74) is 4.11. The van der Waals surface area contributed by atoms with Crippen LogP contribution in [0.5, 0.6) is 5.75 Å². The number of nitrogens with zero attached hydrogens (tertiary/aromatic N) is 3. The number of phenolic OH excluding ortho intramolecular Hbond substituents is 1. The molecule has 3 heterocycles. The molecule has 5 nitrogen and oxygen atoms in total. The van der Waals surface area contributed by atoms with Gasteiger partial charge in [-0.05, 0) is 137 Å². The summed E-state index contributed by atoms with van der Waals surface area (Å²) in [5, 5.41) is 10.7. The van der Waals surface area contributed by atoms with E-state index in [1.54, 1.807) is 0 Å². The van der Waals surface area contributed by atoms with Gasteiger partial charge in [-0.25, -0.2) is 0 Å². The summed E-state index contributed by atoms with van der Waals surface area (Å²) in [6.07, 6.45) is 9.91. The van der Waals surface area contributed by atoms with Crippen LogP contribution in [0, 0.1) is 17.3 Å². The molecule has 38 heavy (non-hydrogen) atoms. The van der Waals surface area contributed by atoms with Crippen molar-refractivity contribution in [3.63, 3.8) is 0 Å². The molecule has 5 heteroatoms. The summed E-state index contributed by atoms with van der Waals surface area (Å²) in [4.78, 5) is 21.6. The Hall–Kier alpha value is -2.37. The fraction of sp³-hybridized carbons (Fsp3) is 0.606. The first-order valence-corrected chi connectivity index (χ1v) is 15.3. The molecule has 1 amide bonds. The van der Waals surface area contributed by atoms with E-state index in [-0.39, 0.29) is 16.7 Å². The monoisotopic (exact) mass is 511 g/mol. The molecule has 2 aromatic carbocycles. The van der Waals surface area contributed by atoms with Gasteiger partial charge in [0.25, 0.3) is 5.91 Å². The molecule has 0 radical (unpaired) electrons. The van der Waals surface area contributed by atoms with Gasteiger partial charge in [0.15, 0.2) is 0 Å². The zero-order chi connectivity index (χ0) is 25.5. The Morgan fingerprint density at radius 3 is 2.68 bits per heavy atom. The maximum Gasteiger partial charge on any atom is 0.254 e. The van der Waals surface area contributed by atoms with Crippen molar-refractivity contribution in [1.82, 2.24) is 14.7 Å². The molecule has 0 spiro atoms. The lowest BCUT2D eigenvalue weighted by atomic mass is 9.43. The molecular weight excluding hydrogens is 470 g/mol. The predicted molar refractivity (Wildman–Crippen MR) is 148 cm³/mol. The third kappa shape index (κ3) is 3.09. The minimum absolute atomic E-state index is 0.0920. The summed E-state index contributed by atoms with van der Waals surface area (Å²) in [6.45, 7) is 7.10. The standard InChI is InChI=1S/C33H41N3O2/c37-26-10-9-24-19-29-32-12-11-28-30(25(21-32)22-36(28)31(38)23-7-2-1-3-8-23)33(32,27(24)20-26)13-18-35(29)17-6-16-34-14-4-5-15-34/h1-3,7-10,20,25,28-30,37H,4-6,11-19,21-22H2/t25-,28?,29?,30?,32?,33?/m1/s1. The van der Waals surface area contributed by atoms with Crippen molar-refractivity contribution in [2.24, 2.45) is 17.3 Å². The minimum atomic E-state index is 0.0920. The zero-order valence-electron chi connectivity index (χ0n) is 22.5. The summed E-state index contributed by atoms with van der Waals surface area (Å²) < 4.78 is 0. The smallest absolute Gasteiger partial charge is 0.254 e. The Morgan fingerprint density at radius 1 is 1.00 bits per heavy atom. The van der Waals surface area contributed by atoms with Gasteiger partial charge in [0.05, 0.1) is 0 Å². The van der Waals surface area contributed by atoms with Crippen LogP contribution in [-0.2, 0) is 11.8 Å². The number of rotatable bonds is 5. The zero-order valence-corrected chi connectivity index (χ0v) is 22.5. The van der Waals surface area contributed by atoms with Crippen LogP contribution in [0.3, 0.4) is 0 Å². The Balaban J connectivity index is 1.15. The van der Waals surface area contributed by atoms with E-state index >= 15 is 0 Å². The van der Waals surface area contributed by atoms with Gasteiger partial charge in [-0.15, -0.1) is 0 Å². The van der Waals surface area contributed by atoms with Crippen LogP contribution in [-0.4, -0.2) is 77.1 Å². The molecular formula is C33H41N3O2. The number of carbonyl (C=O) groups excluding carboxylic acids is 1. The van der Waals surface area contributed by atoms with Crippen molar-refractivity contribution in [3.8, 4) is 5.75 Å². The number of phenols is 1. The topological polar surface area (TPSA) is 47.0 Å². The highest BCUT2D eigenvalue weighted by Gasteiger charge is 2.76. The lowest BCUT2D eigenvalue weighted by Gasteiger charge is -2.66. The minimum Gasteiger partial charge on any atom is -0.508 e. The highest BCUT2D eigenvalue weighted by molar-refractivity contribution is 5.94. The van der Waals surface area contributed by atoms with E-state index in [9.17, 15) is 9.90 Å². The first-order valence-electron chi connectivity index (χ1n) is 15.3. The van der Waals surface area contributed by atoms with Gasteiger partial charge in [-0.1, -0.05) is 24.3 Å². The molecule has 3 saturated heterocycles. The molecule has 5 unspecified atom stereocenters. The van der Waals surface area contributed by atoms with Gasteiger partial charge >= 0.3 is 0 Å². The molecule has 0 aromatic heterocycles. The van der Waals surface area contributed by atoms with Crippen LogP contribution in [0.4, 0.5) is 0 Å². The number of benzene rings is 2. The number of piperidine rings is 1. The van der Waals surface area contributed by atoms with Crippen LogP contribution < -0.4 is 0 Å². The number of fused-ring (bicyclic) bond motifs is 1. The van der Waals surface area contributed by atoms with Crippen molar-refractivity contribution < 1.29 is 9.90 Å². The normalized spacial score (nSPS) is 37.3. The molecule has 8 rings (SSSR count). The second-order valence-corrected chi connectivity index (χ2v) is 13.3. The Bertz CT molecular complexity index is 1240. The van der Waals surface area contributed by atoms with Gasteiger partial charge in [0.2, 0.25) is 0 Å². The van der Waals surface area contributed by atoms with E-state index in [0.717, 1.165) is 31.5 Å². The number of hydrogen-bond acceptors (Lipinski definition) is 4. The van der Waals surface area contributed by atoms with Crippen LogP contribution in [0.2, 0.25) is 0 Å². The Labute approximate surface area is 226 Å². The highest BCUT2D eigenvalue weighted by atomic mass is 16.3. The fourth-order valence-corrected chi connectivity index (χ4v) is 10.8. The lowest BCUT2D eigenvalue weighted by Crippen LogP contribution is -2.69. The van der Waals surface area contributed by atoms with E-state index in [1.165, 1.54) is 75.8 Å². The quantitative estimate of drug-likeness (QED) is 0.633. The highest BCUT2D eigenvalue weighted by Crippen LogP contribution is 2.75. The second-order valence-electron chi connectivity index (χ2n) is 13.3. The van der Waals surface area contributed by atoms with Gasteiger partial charge in [0, 0.05) is 29.6 Å². The number of carbonyl (C=O) groups is 1. The van der Waals surface area contributed by atoms with E-state index in [0.29, 0.717) is 29.7 Å². The van der Waals surface area contributed by atoms with E-state index in [2.05, 4.69) is 26.8 Å². The van der Waals surface area contributed by atoms with Crippen LogP contribution in [0.25, 0.3) is 0 Å². The van der Waals surface area contributed by atoms with Crippen molar-refractivity contribution in [2.45, 2.75) is 68.9 Å². The maximum absolute atomic E-state index is 13.7. The summed E-state index contributed by atoms with van der Waals surface area (Å²) in [5.74, 6) is 1.71.